The number of carbonyl (C=O) groups excluding carboxylic acids is 1. The van der Waals surface area contributed by atoms with Gasteiger partial charge in [0, 0.05) is 17.5 Å². The molecule has 0 aliphatic heterocycles. The van der Waals surface area contributed by atoms with Gasteiger partial charge in [0.25, 0.3) is 5.91 Å². The highest BCUT2D eigenvalue weighted by atomic mass is 32.1. The third-order valence-electron chi connectivity index (χ3n) is 3.08. The number of rotatable bonds is 5. The standard InChI is InChI=1S/C14H17N3O3S/c1-14(2,6-5-11(18)19)17-12(20)8-3-4-9-10(7-8)21-13(15)16-9/h3-4,7H,5-6H2,1-2H3,(H2,15,16)(H,17,20)(H,18,19). The van der Waals surface area contributed by atoms with Crippen LogP contribution in [0.5, 0.6) is 0 Å². The molecule has 0 radical (unpaired) electrons. The second-order valence-corrected chi connectivity index (χ2v) is 6.53. The number of amides is 1. The molecule has 21 heavy (non-hydrogen) atoms. The van der Waals surface area contributed by atoms with E-state index in [1.807, 2.05) is 0 Å². The molecular weight excluding hydrogens is 290 g/mol. The Labute approximate surface area is 126 Å². The van der Waals surface area contributed by atoms with Gasteiger partial charge in [-0.3, -0.25) is 9.59 Å². The first-order valence-corrected chi connectivity index (χ1v) is 7.29. The molecule has 7 heteroatoms. The number of aliphatic carboxylic acids is 1. The second kappa shape index (κ2) is 5.69. The van der Waals surface area contributed by atoms with Crippen molar-refractivity contribution in [1.29, 1.82) is 0 Å². The maximum absolute atomic E-state index is 12.2. The number of nitrogen functional groups attached to an aromatic ring is 1. The number of nitrogens with one attached hydrogen (secondary N) is 1. The van der Waals surface area contributed by atoms with Crippen molar-refractivity contribution in [2.24, 2.45) is 0 Å². The van der Waals surface area contributed by atoms with E-state index in [9.17, 15) is 9.59 Å². The fraction of sp³-hybridized carbons (Fsp3) is 0.357. The van der Waals surface area contributed by atoms with Crippen LogP contribution < -0.4 is 11.1 Å². The molecule has 6 nitrogen and oxygen atoms in total. The lowest BCUT2D eigenvalue weighted by atomic mass is 9.98. The van der Waals surface area contributed by atoms with Crippen molar-refractivity contribution in [1.82, 2.24) is 10.3 Å². The van der Waals surface area contributed by atoms with Crippen molar-refractivity contribution in [3.8, 4) is 0 Å². The lowest BCUT2D eigenvalue weighted by Gasteiger charge is -2.25. The van der Waals surface area contributed by atoms with Crippen LogP contribution in [0.1, 0.15) is 37.0 Å². The van der Waals surface area contributed by atoms with Gasteiger partial charge >= 0.3 is 5.97 Å². The number of benzene rings is 1. The van der Waals surface area contributed by atoms with Gasteiger partial charge in [-0.1, -0.05) is 11.3 Å². The fourth-order valence-corrected chi connectivity index (χ4v) is 2.72. The van der Waals surface area contributed by atoms with Gasteiger partial charge < -0.3 is 16.2 Å². The van der Waals surface area contributed by atoms with Gasteiger partial charge in [-0.15, -0.1) is 0 Å². The summed E-state index contributed by atoms with van der Waals surface area (Å²) in [6, 6.07) is 5.18. The molecule has 0 aliphatic carbocycles. The summed E-state index contributed by atoms with van der Waals surface area (Å²) in [7, 11) is 0. The minimum atomic E-state index is -0.876. The number of aromatic nitrogens is 1. The Hall–Kier alpha value is -2.15. The first-order chi connectivity index (χ1) is 9.77. The summed E-state index contributed by atoms with van der Waals surface area (Å²) < 4.78 is 0.850. The van der Waals surface area contributed by atoms with Gasteiger partial charge in [0.2, 0.25) is 0 Å². The zero-order chi connectivity index (χ0) is 15.6. The molecule has 0 spiro atoms. The van der Waals surface area contributed by atoms with E-state index >= 15 is 0 Å². The van der Waals surface area contributed by atoms with Crippen LogP contribution in [0.15, 0.2) is 18.2 Å². The van der Waals surface area contributed by atoms with Crippen LogP contribution in [-0.4, -0.2) is 27.5 Å². The predicted molar refractivity (Wildman–Crippen MR) is 82.4 cm³/mol. The van der Waals surface area contributed by atoms with E-state index in [0.717, 1.165) is 10.2 Å². The first kappa shape index (κ1) is 15.2. The first-order valence-electron chi connectivity index (χ1n) is 6.47. The van der Waals surface area contributed by atoms with Crippen LogP contribution in [0.3, 0.4) is 0 Å². The Balaban J connectivity index is 2.12. The van der Waals surface area contributed by atoms with E-state index in [1.165, 1.54) is 11.3 Å². The number of carboxylic acid groups (broad SMARTS) is 1. The van der Waals surface area contributed by atoms with Gasteiger partial charge in [0.15, 0.2) is 5.13 Å². The summed E-state index contributed by atoms with van der Waals surface area (Å²) >= 11 is 1.32. The number of hydrogen-bond donors (Lipinski definition) is 3. The Morgan fingerprint density at radius 3 is 2.81 bits per heavy atom. The van der Waals surface area contributed by atoms with Gasteiger partial charge in [-0.25, -0.2) is 4.98 Å². The minimum absolute atomic E-state index is 0.0116. The Kier molecular flexibility index (Phi) is 4.13. The van der Waals surface area contributed by atoms with Crippen LogP contribution in [0.2, 0.25) is 0 Å². The SMILES string of the molecule is CC(C)(CCC(=O)O)NC(=O)c1ccc2nc(N)sc2c1. The summed E-state index contributed by atoms with van der Waals surface area (Å²) in [5.41, 5.74) is 6.32. The Morgan fingerprint density at radius 2 is 2.14 bits per heavy atom. The molecule has 0 atom stereocenters. The summed E-state index contributed by atoms with van der Waals surface area (Å²) in [5, 5.41) is 12.0. The number of nitrogens with two attached hydrogens (primary N) is 1. The van der Waals surface area contributed by atoms with Crippen molar-refractivity contribution in [3.63, 3.8) is 0 Å². The number of carbonyl (C=O) groups is 2. The Bertz CT molecular complexity index is 694. The third kappa shape index (κ3) is 3.91. The molecule has 0 saturated carbocycles. The normalized spacial score (nSPS) is 11.5. The molecule has 2 aromatic rings. The molecule has 0 bridgehead atoms. The molecule has 1 heterocycles. The van der Waals surface area contributed by atoms with Gasteiger partial charge in [0.1, 0.15) is 0 Å². The fourth-order valence-electron chi connectivity index (χ4n) is 1.95. The van der Waals surface area contributed by atoms with E-state index in [2.05, 4.69) is 10.3 Å². The van der Waals surface area contributed by atoms with Crippen LogP contribution >= 0.6 is 11.3 Å². The van der Waals surface area contributed by atoms with Crippen LogP contribution in [0.4, 0.5) is 5.13 Å². The van der Waals surface area contributed by atoms with E-state index in [1.54, 1.807) is 32.0 Å². The number of nitrogens with zero attached hydrogens (tertiary/aromatic N) is 1. The third-order valence-corrected chi connectivity index (χ3v) is 3.93. The maximum Gasteiger partial charge on any atom is 0.303 e. The molecule has 0 aliphatic rings. The van der Waals surface area contributed by atoms with E-state index in [4.69, 9.17) is 10.8 Å². The van der Waals surface area contributed by atoms with Crippen LogP contribution in [-0.2, 0) is 4.79 Å². The lowest BCUT2D eigenvalue weighted by Crippen LogP contribution is -2.43. The van der Waals surface area contributed by atoms with Gasteiger partial charge in [-0.2, -0.15) is 0 Å². The van der Waals surface area contributed by atoms with Gasteiger partial charge in [-0.05, 0) is 38.5 Å². The largest absolute Gasteiger partial charge is 0.481 e. The predicted octanol–water partition coefficient (Wildman–Crippen LogP) is 2.25. The van der Waals surface area contributed by atoms with Gasteiger partial charge in [0.05, 0.1) is 10.2 Å². The minimum Gasteiger partial charge on any atom is -0.481 e. The Morgan fingerprint density at radius 1 is 1.43 bits per heavy atom. The average Bonchev–Trinajstić information content (AvgIpc) is 2.75. The number of anilines is 1. The number of thiazole rings is 1. The lowest BCUT2D eigenvalue weighted by molar-refractivity contribution is -0.137. The van der Waals surface area contributed by atoms with Crippen LogP contribution in [0.25, 0.3) is 10.2 Å². The van der Waals surface area contributed by atoms with Crippen molar-refractivity contribution < 1.29 is 14.7 Å². The highest BCUT2D eigenvalue weighted by Gasteiger charge is 2.22. The summed E-state index contributed by atoms with van der Waals surface area (Å²) in [5.74, 6) is -1.11. The molecule has 1 aromatic heterocycles. The molecule has 1 amide bonds. The van der Waals surface area contributed by atoms with E-state index in [0.29, 0.717) is 17.1 Å². The number of hydrogen-bond acceptors (Lipinski definition) is 5. The quantitative estimate of drug-likeness (QED) is 0.785. The highest BCUT2D eigenvalue weighted by Crippen LogP contribution is 2.25. The molecule has 0 fully saturated rings. The number of fused-ring (bicyclic) bond motifs is 1. The van der Waals surface area contributed by atoms with E-state index in [-0.39, 0.29) is 12.3 Å². The topological polar surface area (TPSA) is 105 Å². The molecule has 4 N–H and O–H groups in total. The van der Waals surface area contributed by atoms with Crippen LogP contribution in [0, 0.1) is 0 Å². The zero-order valence-corrected chi connectivity index (χ0v) is 12.7. The molecule has 112 valence electrons. The zero-order valence-electron chi connectivity index (χ0n) is 11.8. The summed E-state index contributed by atoms with van der Waals surface area (Å²) in [4.78, 5) is 27.0. The average molecular weight is 307 g/mol. The number of carboxylic acids is 1. The maximum atomic E-state index is 12.2. The van der Waals surface area contributed by atoms with Crippen molar-refractivity contribution in [2.75, 3.05) is 5.73 Å². The summed E-state index contributed by atoms with van der Waals surface area (Å²) in [6.45, 7) is 3.61. The van der Waals surface area contributed by atoms with Crippen molar-refractivity contribution in [2.45, 2.75) is 32.2 Å². The summed E-state index contributed by atoms with van der Waals surface area (Å²) in [6.07, 6.45) is 0.377. The van der Waals surface area contributed by atoms with Crippen molar-refractivity contribution in [3.05, 3.63) is 23.8 Å². The monoisotopic (exact) mass is 307 g/mol. The molecule has 1 aromatic carbocycles. The molecule has 0 saturated heterocycles. The highest BCUT2D eigenvalue weighted by molar-refractivity contribution is 7.22. The molecule has 0 unspecified atom stereocenters. The van der Waals surface area contributed by atoms with E-state index < -0.39 is 11.5 Å². The van der Waals surface area contributed by atoms with Crippen molar-refractivity contribution >= 4 is 38.6 Å². The smallest absolute Gasteiger partial charge is 0.303 e. The molecular formula is C14H17N3O3S. The molecule has 2 rings (SSSR count). The second-order valence-electron chi connectivity index (χ2n) is 5.47.